The van der Waals surface area contributed by atoms with Crippen molar-refractivity contribution in [3.63, 3.8) is 0 Å². The predicted molar refractivity (Wildman–Crippen MR) is 78.2 cm³/mol. The molecule has 0 aromatic rings. The number of carbonyl (C=O) groups is 3. The normalized spacial score (nSPS) is 22.8. The van der Waals surface area contributed by atoms with Crippen molar-refractivity contribution >= 4 is 23.4 Å². The molecule has 3 N–H and O–H groups in total. The summed E-state index contributed by atoms with van der Waals surface area (Å²) in [5, 5.41) is 14.7. The van der Waals surface area contributed by atoms with Gasteiger partial charge in [0, 0.05) is 12.0 Å². The van der Waals surface area contributed by atoms with Crippen LogP contribution in [0.1, 0.15) is 33.6 Å². The molecule has 1 fully saturated rings. The van der Waals surface area contributed by atoms with E-state index in [0.717, 1.165) is 19.4 Å². The Morgan fingerprint density at radius 1 is 1.45 bits per heavy atom. The minimum atomic E-state index is -1.59. The van der Waals surface area contributed by atoms with E-state index in [0.29, 0.717) is 0 Å². The topological polar surface area (TPSA) is 132 Å². The number of carboxylic acids is 1. The van der Waals surface area contributed by atoms with Crippen LogP contribution < -0.4 is 10.6 Å². The van der Waals surface area contributed by atoms with Crippen LogP contribution >= 0.6 is 0 Å². The highest BCUT2D eigenvalue weighted by Crippen LogP contribution is 2.26. The lowest BCUT2D eigenvalue weighted by atomic mass is 9.75. The Balaban J connectivity index is 2.75. The summed E-state index contributed by atoms with van der Waals surface area (Å²) >= 11 is 0. The molecule has 0 radical (unpaired) electrons. The third-order valence-electron chi connectivity index (χ3n) is 4.02. The van der Waals surface area contributed by atoms with Crippen LogP contribution in [0.15, 0.2) is 0 Å². The lowest BCUT2D eigenvalue weighted by Gasteiger charge is -2.42. The molecule has 0 aliphatic carbocycles. The van der Waals surface area contributed by atoms with E-state index in [-0.39, 0.29) is 11.9 Å². The van der Waals surface area contributed by atoms with Gasteiger partial charge in [-0.2, -0.15) is 4.79 Å². The zero-order valence-electron chi connectivity index (χ0n) is 13.0. The van der Waals surface area contributed by atoms with Crippen molar-refractivity contribution in [1.82, 2.24) is 10.6 Å². The van der Waals surface area contributed by atoms with Crippen molar-refractivity contribution in [2.45, 2.75) is 45.7 Å². The molecule has 122 valence electrons. The highest BCUT2D eigenvalue weighted by Gasteiger charge is 2.50. The molecule has 1 heterocycles. The molecule has 8 nitrogen and oxygen atoms in total. The van der Waals surface area contributed by atoms with Gasteiger partial charge in [0.2, 0.25) is 5.91 Å². The molecular formula is C14H22N4O4. The molecule has 1 aliphatic heterocycles. The van der Waals surface area contributed by atoms with Gasteiger partial charge in [0.05, 0.1) is 12.0 Å². The van der Waals surface area contributed by atoms with Gasteiger partial charge in [-0.1, -0.05) is 20.3 Å². The molecule has 1 saturated heterocycles. The predicted octanol–water partition coefficient (Wildman–Crippen LogP) is -0.160. The van der Waals surface area contributed by atoms with E-state index in [1.807, 2.05) is 6.92 Å². The van der Waals surface area contributed by atoms with Gasteiger partial charge in [-0.3, -0.25) is 9.59 Å². The highest BCUT2D eigenvalue weighted by atomic mass is 16.4. The number of nitrogens with zero attached hydrogens (tertiary/aromatic N) is 2. The van der Waals surface area contributed by atoms with E-state index in [2.05, 4.69) is 22.3 Å². The molecule has 0 saturated carbocycles. The smallest absolute Gasteiger partial charge is 0.441 e. The van der Waals surface area contributed by atoms with Gasteiger partial charge in [-0.25, -0.2) is 4.79 Å². The number of Topliss-reactive ketones (excluding diaryl/α,β-unsaturated/α-hetero) is 1. The molecule has 22 heavy (non-hydrogen) atoms. The van der Waals surface area contributed by atoms with Crippen LogP contribution in [-0.4, -0.2) is 51.9 Å². The SMILES string of the molecule is CCCCNC(C)[C@H]1C(=O)N[C@@H]1C(C)C(=O)C(=[N+]=[N-])C(=O)O. The summed E-state index contributed by atoms with van der Waals surface area (Å²) in [5.41, 5.74) is 7.73. The monoisotopic (exact) mass is 310 g/mol. The van der Waals surface area contributed by atoms with Crippen LogP contribution in [0.5, 0.6) is 0 Å². The number of amides is 1. The molecule has 2 unspecified atom stereocenters. The largest absolute Gasteiger partial charge is 0.472 e. The summed E-state index contributed by atoms with van der Waals surface area (Å²) in [6.45, 7) is 6.22. The number of nitrogens with one attached hydrogen (secondary N) is 2. The molecule has 4 atom stereocenters. The summed E-state index contributed by atoms with van der Waals surface area (Å²) in [5.74, 6) is -3.75. The van der Waals surface area contributed by atoms with Gasteiger partial charge >= 0.3 is 11.7 Å². The average molecular weight is 310 g/mol. The maximum atomic E-state index is 12.0. The first-order chi connectivity index (χ1) is 10.3. The zero-order chi connectivity index (χ0) is 16.9. The van der Waals surface area contributed by atoms with Crippen molar-refractivity contribution in [1.29, 1.82) is 0 Å². The van der Waals surface area contributed by atoms with E-state index in [1.54, 1.807) is 0 Å². The Hall–Kier alpha value is -2.05. The van der Waals surface area contributed by atoms with Crippen molar-refractivity contribution in [2.75, 3.05) is 6.54 Å². The van der Waals surface area contributed by atoms with E-state index >= 15 is 0 Å². The van der Waals surface area contributed by atoms with Gasteiger partial charge in [0.15, 0.2) is 0 Å². The first-order valence-corrected chi connectivity index (χ1v) is 7.38. The zero-order valence-corrected chi connectivity index (χ0v) is 13.0. The van der Waals surface area contributed by atoms with Crippen LogP contribution in [0.3, 0.4) is 0 Å². The highest BCUT2D eigenvalue weighted by molar-refractivity contribution is 6.62. The van der Waals surface area contributed by atoms with Gasteiger partial charge < -0.3 is 21.3 Å². The number of hydrogen-bond acceptors (Lipinski definition) is 4. The summed E-state index contributed by atoms with van der Waals surface area (Å²) < 4.78 is 0. The summed E-state index contributed by atoms with van der Waals surface area (Å²) in [6.07, 6.45) is 2.02. The van der Waals surface area contributed by atoms with E-state index < -0.39 is 35.3 Å². The quantitative estimate of drug-likeness (QED) is 0.136. The van der Waals surface area contributed by atoms with E-state index in [4.69, 9.17) is 10.6 Å². The van der Waals surface area contributed by atoms with Crippen molar-refractivity contribution in [2.24, 2.45) is 11.8 Å². The summed E-state index contributed by atoms with van der Waals surface area (Å²) in [6, 6.07) is -0.597. The Bertz CT molecular complexity index is 513. The van der Waals surface area contributed by atoms with Crippen LogP contribution in [0.2, 0.25) is 0 Å². The van der Waals surface area contributed by atoms with Gasteiger partial charge in [-0.05, 0) is 19.9 Å². The van der Waals surface area contributed by atoms with Crippen molar-refractivity contribution in [3.8, 4) is 0 Å². The Morgan fingerprint density at radius 3 is 2.55 bits per heavy atom. The van der Waals surface area contributed by atoms with E-state index in [1.165, 1.54) is 6.92 Å². The number of carbonyl (C=O) groups excluding carboxylic acids is 2. The van der Waals surface area contributed by atoms with Crippen LogP contribution in [0.25, 0.3) is 5.53 Å². The van der Waals surface area contributed by atoms with Crippen molar-refractivity contribution < 1.29 is 24.3 Å². The fourth-order valence-corrected chi connectivity index (χ4v) is 2.60. The lowest BCUT2D eigenvalue weighted by Crippen LogP contribution is -2.67. The molecule has 0 bridgehead atoms. The van der Waals surface area contributed by atoms with Crippen molar-refractivity contribution in [3.05, 3.63) is 5.53 Å². The van der Waals surface area contributed by atoms with Crippen LogP contribution in [-0.2, 0) is 14.4 Å². The molecule has 1 rings (SSSR count). The number of β-lactam (4-membered cyclic amide) rings is 1. The van der Waals surface area contributed by atoms with Crippen LogP contribution in [0, 0.1) is 11.8 Å². The van der Waals surface area contributed by atoms with E-state index in [9.17, 15) is 14.4 Å². The number of unbranched alkanes of at least 4 members (excludes halogenated alkanes) is 1. The molecular weight excluding hydrogens is 288 g/mol. The second-order valence-electron chi connectivity index (χ2n) is 5.56. The molecule has 0 aromatic heterocycles. The number of hydrogen-bond donors (Lipinski definition) is 3. The standard InChI is InChI=1S/C14H22N4O4/c1-4-5-6-16-8(3)9-10(17-13(9)20)7(2)12(19)11(18-15)14(21)22/h7-10,16H,4-6H2,1-3H3,(H,17,20)(H,21,22)/t7?,8?,9-,10-/m1/s1. The summed E-state index contributed by atoms with van der Waals surface area (Å²) in [7, 11) is 0. The second-order valence-corrected chi connectivity index (χ2v) is 5.56. The maximum Gasteiger partial charge on any atom is 0.441 e. The number of aliphatic carboxylic acids is 1. The van der Waals surface area contributed by atoms with Gasteiger partial charge in [0.25, 0.3) is 5.78 Å². The Labute approximate surface area is 128 Å². The maximum absolute atomic E-state index is 12.0. The third kappa shape index (κ3) is 3.78. The number of carboxylic acid groups (broad SMARTS) is 1. The minimum Gasteiger partial charge on any atom is -0.472 e. The lowest BCUT2D eigenvalue weighted by molar-refractivity contribution is -0.141. The first-order valence-electron chi connectivity index (χ1n) is 7.38. The molecule has 1 amide bonds. The Morgan fingerprint density at radius 2 is 2.09 bits per heavy atom. The van der Waals surface area contributed by atoms with Gasteiger partial charge in [0.1, 0.15) is 0 Å². The number of ketones is 1. The molecule has 1 aliphatic rings. The molecule has 8 heteroatoms. The fourth-order valence-electron chi connectivity index (χ4n) is 2.60. The number of rotatable bonds is 9. The first kappa shape index (κ1) is 18.0. The van der Waals surface area contributed by atoms with Gasteiger partial charge in [-0.15, -0.1) is 0 Å². The third-order valence-corrected chi connectivity index (χ3v) is 4.02. The van der Waals surface area contributed by atoms with Crippen LogP contribution in [0.4, 0.5) is 0 Å². The Kier molecular flexibility index (Phi) is 6.39. The fraction of sp³-hybridized carbons (Fsp3) is 0.714. The minimum absolute atomic E-state index is 0.125. The molecule has 0 aromatic carbocycles. The second kappa shape index (κ2) is 7.82. The molecule has 0 spiro atoms. The average Bonchev–Trinajstić information content (AvgIpc) is 2.44. The summed E-state index contributed by atoms with van der Waals surface area (Å²) in [4.78, 5) is 37.2.